The number of rotatable bonds is 4. The molecule has 0 aliphatic carbocycles. The van der Waals surface area contributed by atoms with Crippen LogP contribution in [0.5, 0.6) is 0 Å². The van der Waals surface area contributed by atoms with Crippen LogP contribution in [0.1, 0.15) is 11.1 Å². The molecule has 19 heavy (non-hydrogen) atoms. The second-order valence-corrected chi connectivity index (χ2v) is 3.86. The van der Waals surface area contributed by atoms with Crippen LogP contribution >= 0.6 is 12.4 Å². The van der Waals surface area contributed by atoms with E-state index in [1.54, 1.807) is 0 Å². The zero-order chi connectivity index (χ0) is 12.1. The van der Waals surface area contributed by atoms with Gasteiger partial charge < -0.3 is 16.3 Å². The quantitative estimate of drug-likeness (QED) is 0.503. The molecule has 2 aromatic rings. The normalized spacial score (nSPS) is 8.95. The van der Waals surface area contributed by atoms with Crippen molar-refractivity contribution in [2.75, 3.05) is 10.9 Å². The fraction of sp³-hybridized carbons (Fsp3) is 0.0769. The van der Waals surface area contributed by atoms with Crippen LogP contribution in [-0.2, 0) is 6.42 Å². The number of hydrogen-bond donors (Lipinski definition) is 4. The Balaban J connectivity index is 0.00000162. The van der Waals surface area contributed by atoms with Gasteiger partial charge >= 0.3 is 0 Å². The summed E-state index contributed by atoms with van der Waals surface area (Å²) in [5.41, 5.74) is 9.54. The first-order chi connectivity index (χ1) is 8.31. The van der Waals surface area contributed by atoms with Gasteiger partial charge in [-0.1, -0.05) is 24.3 Å². The third-order valence-electron chi connectivity index (χ3n) is 2.65. The minimum absolute atomic E-state index is 0. The lowest BCUT2D eigenvalue weighted by atomic mass is 10.0. The molecule has 0 aliphatic heterocycles. The van der Waals surface area contributed by atoms with Gasteiger partial charge in [0.2, 0.25) is 0 Å². The molecule has 0 heterocycles. The monoisotopic (exact) mass is 282 g/mol. The van der Waals surface area contributed by atoms with E-state index in [4.69, 9.17) is 11.7 Å². The zero-order valence-electron chi connectivity index (χ0n) is 10.4. The van der Waals surface area contributed by atoms with Crippen molar-refractivity contribution in [1.82, 2.24) is 0 Å². The summed E-state index contributed by atoms with van der Waals surface area (Å²) in [5, 5.41) is 0. The van der Waals surface area contributed by atoms with Crippen molar-refractivity contribution in [2.45, 2.75) is 6.42 Å². The first-order valence-electron chi connectivity index (χ1n) is 5.43. The number of benzene rings is 2. The molecule has 0 amide bonds. The van der Waals surface area contributed by atoms with E-state index in [0.29, 0.717) is 0 Å². The lowest BCUT2D eigenvalue weighted by molar-refractivity contribution is 0.824. The van der Waals surface area contributed by atoms with Crippen molar-refractivity contribution in [3.8, 4) is 0 Å². The molecule has 0 radical (unpaired) electrons. The number of anilines is 2. The average Bonchev–Trinajstić information content (AvgIpc) is 2.40. The van der Waals surface area contributed by atoms with Gasteiger partial charge in [0.25, 0.3) is 0 Å². The Morgan fingerprint density at radius 1 is 0.684 bits per heavy atom. The van der Waals surface area contributed by atoms with Crippen LogP contribution in [-0.4, -0.2) is 5.48 Å². The number of nitrogens with one attached hydrogen (secondary N) is 2. The lowest BCUT2D eigenvalue weighted by Crippen LogP contribution is -2.06. The highest BCUT2D eigenvalue weighted by Crippen LogP contribution is 2.14. The van der Waals surface area contributed by atoms with Gasteiger partial charge in [0.05, 0.1) is 0 Å². The SMILES string of the molecule is Cl.NNc1ccc(Cc2ccc(NN)cc2)cc1.O. The van der Waals surface area contributed by atoms with Gasteiger partial charge in [0.15, 0.2) is 0 Å². The molecular formula is C13H19ClN4O. The fourth-order valence-electron chi connectivity index (χ4n) is 1.67. The van der Waals surface area contributed by atoms with Crippen molar-refractivity contribution in [3.05, 3.63) is 59.7 Å². The number of hydrogen-bond acceptors (Lipinski definition) is 4. The second-order valence-electron chi connectivity index (χ2n) is 3.86. The maximum absolute atomic E-state index is 5.32. The summed E-state index contributed by atoms with van der Waals surface area (Å²) < 4.78 is 0. The minimum Gasteiger partial charge on any atom is -0.412 e. The predicted molar refractivity (Wildman–Crippen MR) is 82.2 cm³/mol. The summed E-state index contributed by atoms with van der Waals surface area (Å²) in [6.45, 7) is 0. The summed E-state index contributed by atoms with van der Waals surface area (Å²) in [4.78, 5) is 0. The van der Waals surface area contributed by atoms with Crippen molar-refractivity contribution in [1.29, 1.82) is 0 Å². The van der Waals surface area contributed by atoms with Crippen LogP contribution in [0.25, 0.3) is 0 Å². The summed E-state index contributed by atoms with van der Waals surface area (Å²) in [6, 6.07) is 16.1. The third-order valence-corrected chi connectivity index (χ3v) is 2.65. The van der Waals surface area contributed by atoms with E-state index in [9.17, 15) is 0 Å². The summed E-state index contributed by atoms with van der Waals surface area (Å²) >= 11 is 0. The van der Waals surface area contributed by atoms with Gasteiger partial charge in [0.1, 0.15) is 0 Å². The van der Waals surface area contributed by atoms with Gasteiger partial charge in [-0.3, -0.25) is 11.7 Å². The Morgan fingerprint density at radius 3 is 1.26 bits per heavy atom. The van der Waals surface area contributed by atoms with Crippen molar-refractivity contribution >= 4 is 23.8 Å². The van der Waals surface area contributed by atoms with Gasteiger partial charge in [-0.25, -0.2) is 0 Å². The summed E-state index contributed by atoms with van der Waals surface area (Å²) in [7, 11) is 0. The smallest absolute Gasteiger partial charge is 0.0485 e. The van der Waals surface area contributed by atoms with Crippen molar-refractivity contribution < 1.29 is 5.48 Å². The molecule has 0 saturated carbocycles. The molecule has 8 N–H and O–H groups in total. The van der Waals surface area contributed by atoms with Gasteiger partial charge in [-0.05, 0) is 41.8 Å². The molecule has 0 fully saturated rings. The van der Waals surface area contributed by atoms with Crippen LogP contribution in [0.4, 0.5) is 11.4 Å². The average molecular weight is 283 g/mol. The van der Waals surface area contributed by atoms with E-state index in [-0.39, 0.29) is 17.9 Å². The highest BCUT2D eigenvalue weighted by atomic mass is 35.5. The molecule has 0 saturated heterocycles. The molecule has 0 aromatic heterocycles. The zero-order valence-corrected chi connectivity index (χ0v) is 11.2. The molecule has 0 atom stereocenters. The minimum atomic E-state index is 0. The molecule has 5 nitrogen and oxygen atoms in total. The molecule has 104 valence electrons. The Labute approximate surface area is 118 Å². The molecule has 6 heteroatoms. The van der Waals surface area contributed by atoms with Crippen LogP contribution in [0.15, 0.2) is 48.5 Å². The highest BCUT2D eigenvalue weighted by Gasteiger charge is 1.97. The molecule has 2 rings (SSSR count). The van der Waals surface area contributed by atoms with E-state index >= 15 is 0 Å². The van der Waals surface area contributed by atoms with E-state index in [1.165, 1.54) is 11.1 Å². The number of nitrogen functional groups attached to an aromatic ring is 2. The largest absolute Gasteiger partial charge is 0.412 e. The van der Waals surface area contributed by atoms with Crippen LogP contribution in [0, 0.1) is 0 Å². The predicted octanol–water partition coefficient (Wildman–Crippen LogP) is 1.45. The summed E-state index contributed by atoms with van der Waals surface area (Å²) in [5.74, 6) is 10.6. The van der Waals surface area contributed by atoms with Crippen LogP contribution in [0.3, 0.4) is 0 Å². The topological polar surface area (TPSA) is 108 Å². The number of hydrazine groups is 2. The molecule has 0 spiro atoms. The van der Waals surface area contributed by atoms with Gasteiger partial charge in [0, 0.05) is 11.4 Å². The number of nitrogens with two attached hydrogens (primary N) is 2. The highest BCUT2D eigenvalue weighted by molar-refractivity contribution is 5.85. The Kier molecular flexibility index (Phi) is 7.55. The first kappa shape index (κ1) is 17.2. The fourth-order valence-corrected chi connectivity index (χ4v) is 1.67. The van der Waals surface area contributed by atoms with Gasteiger partial charge in [-0.15, -0.1) is 12.4 Å². The van der Waals surface area contributed by atoms with E-state index < -0.39 is 0 Å². The molecule has 0 aliphatic rings. The first-order valence-corrected chi connectivity index (χ1v) is 5.43. The van der Waals surface area contributed by atoms with Crippen LogP contribution in [0.2, 0.25) is 0 Å². The lowest BCUT2D eigenvalue weighted by Gasteiger charge is -2.05. The Bertz CT molecular complexity index is 428. The Morgan fingerprint density at radius 2 is 1.00 bits per heavy atom. The second kappa shape index (κ2) is 8.34. The van der Waals surface area contributed by atoms with E-state index in [0.717, 1.165) is 17.8 Å². The van der Waals surface area contributed by atoms with E-state index in [1.807, 2.05) is 24.3 Å². The molecular weight excluding hydrogens is 264 g/mol. The molecule has 2 aromatic carbocycles. The summed E-state index contributed by atoms with van der Waals surface area (Å²) in [6.07, 6.45) is 0.899. The number of halogens is 1. The van der Waals surface area contributed by atoms with Gasteiger partial charge in [-0.2, -0.15) is 0 Å². The van der Waals surface area contributed by atoms with Crippen LogP contribution < -0.4 is 22.5 Å². The maximum Gasteiger partial charge on any atom is 0.0485 e. The van der Waals surface area contributed by atoms with Crippen molar-refractivity contribution in [3.63, 3.8) is 0 Å². The Hall–Kier alpha value is -1.79. The van der Waals surface area contributed by atoms with E-state index in [2.05, 4.69) is 35.1 Å². The molecule has 0 bridgehead atoms. The molecule has 0 unspecified atom stereocenters. The standard InChI is InChI=1S/C13H16N4.ClH.H2O/c14-16-12-5-1-10(2-6-12)9-11-3-7-13(17-15)8-4-11;;/h1-8,16-17H,9,14-15H2;1H;1H2. The third kappa shape index (κ3) is 4.76. The maximum atomic E-state index is 5.32. The van der Waals surface area contributed by atoms with Crippen molar-refractivity contribution in [2.24, 2.45) is 11.7 Å².